The van der Waals surface area contributed by atoms with Crippen molar-refractivity contribution in [3.8, 4) is 17.2 Å². The highest BCUT2D eigenvalue weighted by molar-refractivity contribution is 5.97. The van der Waals surface area contributed by atoms with Gasteiger partial charge in [0.15, 0.2) is 12.4 Å². The first-order chi connectivity index (χ1) is 10.1. The van der Waals surface area contributed by atoms with Crippen LogP contribution in [0.3, 0.4) is 0 Å². The van der Waals surface area contributed by atoms with Crippen molar-refractivity contribution >= 4 is 5.78 Å². The van der Waals surface area contributed by atoms with E-state index >= 15 is 0 Å². The Hall–Kier alpha value is -2.56. The van der Waals surface area contributed by atoms with Crippen molar-refractivity contribution in [2.24, 2.45) is 0 Å². The van der Waals surface area contributed by atoms with Gasteiger partial charge in [-0.2, -0.15) is 0 Å². The normalized spacial score (nSPS) is 10.0. The van der Waals surface area contributed by atoms with Gasteiger partial charge in [-0.25, -0.2) is 4.39 Å². The Bertz CT molecular complexity index is 600. The van der Waals surface area contributed by atoms with Gasteiger partial charge >= 0.3 is 0 Å². The molecule has 0 saturated heterocycles. The highest BCUT2D eigenvalue weighted by Gasteiger charge is 2.09. The molecule has 2 aromatic carbocycles. The Balaban J connectivity index is 2.05. The summed E-state index contributed by atoms with van der Waals surface area (Å²) >= 11 is 0. The van der Waals surface area contributed by atoms with Crippen LogP contribution in [0.15, 0.2) is 42.5 Å². The minimum atomic E-state index is -0.384. The van der Waals surface area contributed by atoms with E-state index in [1.165, 1.54) is 38.5 Å². The topological polar surface area (TPSA) is 44.8 Å². The van der Waals surface area contributed by atoms with Crippen molar-refractivity contribution in [1.82, 2.24) is 0 Å². The lowest BCUT2D eigenvalue weighted by Crippen LogP contribution is -2.11. The summed E-state index contributed by atoms with van der Waals surface area (Å²) in [5.41, 5.74) is 0.395. The predicted octanol–water partition coefficient (Wildman–Crippen LogP) is 3.10. The minimum Gasteiger partial charge on any atom is -0.496 e. The van der Waals surface area contributed by atoms with Crippen molar-refractivity contribution in [2.75, 3.05) is 20.8 Å². The number of carbonyl (C=O) groups excluding carboxylic acids is 1. The molecule has 21 heavy (non-hydrogen) atoms. The Labute approximate surface area is 122 Å². The number of hydrogen-bond acceptors (Lipinski definition) is 4. The molecule has 0 spiro atoms. The van der Waals surface area contributed by atoms with Crippen LogP contribution in [0.25, 0.3) is 0 Å². The molecule has 110 valence electrons. The van der Waals surface area contributed by atoms with Crippen LogP contribution in [0.5, 0.6) is 17.2 Å². The fraction of sp³-hybridized carbons (Fsp3) is 0.188. The molecule has 0 aliphatic carbocycles. The van der Waals surface area contributed by atoms with Gasteiger partial charge in [0.2, 0.25) is 0 Å². The third kappa shape index (κ3) is 3.95. The van der Waals surface area contributed by atoms with E-state index in [1.54, 1.807) is 18.2 Å². The van der Waals surface area contributed by atoms with Gasteiger partial charge in [0.05, 0.1) is 14.2 Å². The third-order valence-corrected chi connectivity index (χ3v) is 2.86. The molecule has 0 aromatic heterocycles. The molecule has 0 aliphatic rings. The van der Waals surface area contributed by atoms with Crippen LogP contribution in [-0.4, -0.2) is 26.6 Å². The van der Waals surface area contributed by atoms with E-state index in [-0.39, 0.29) is 18.2 Å². The van der Waals surface area contributed by atoms with Gasteiger partial charge in [-0.1, -0.05) is 0 Å². The second-order valence-electron chi connectivity index (χ2n) is 4.27. The van der Waals surface area contributed by atoms with Crippen LogP contribution in [0.1, 0.15) is 10.4 Å². The van der Waals surface area contributed by atoms with Crippen molar-refractivity contribution < 1.29 is 23.4 Å². The molecule has 0 amide bonds. The molecule has 5 heteroatoms. The Morgan fingerprint density at radius 2 is 1.48 bits per heavy atom. The lowest BCUT2D eigenvalue weighted by molar-refractivity contribution is 0.0921. The van der Waals surface area contributed by atoms with Gasteiger partial charge in [-0.05, 0) is 24.3 Å². The van der Waals surface area contributed by atoms with E-state index in [0.29, 0.717) is 22.8 Å². The van der Waals surface area contributed by atoms with Crippen LogP contribution in [-0.2, 0) is 0 Å². The second-order valence-corrected chi connectivity index (χ2v) is 4.27. The van der Waals surface area contributed by atoms with Gasteiger partial charge in [-0.3, -0.25) is 4.79 Å². The molecule has 0 bridgehead atoms. The van der Waals surface area contributed by atoms with Crippen molar-refractivity contribution in [2.45, 2.75) is 0 Å². The number of ether oxygens (including phenoxy) is 3. The maximum atomic E-state index is 12.8. The Morgan fingerprint density at radius 1 is 0.952 bits per heavy atom. The monoisotopic (exact) mass is 290 g/mol. The number of methoxy groups -OCH3 is 2. The highest BCUT2D eigenvalue weighted by Crippen LogP contribution is 2.27. The Morgan fingerprint density at radius 3 is 2.00 bits per heavy atom. The quantitative estimate of drug-likeness (QED) is 0.767. The summed E-state index contributed by atoms with van der Waals surface area (Å²) in [6, 6.07) is 10.3. The molecule has 0 saturated carbocycles. The first kappa shape index (κ1) is 14.8. The molecule has 4 nitrogen and oxygen atoms in total. The first-order valence-electron chi connectivity index (χ1n) is 6.27. The molecule has 0 fully saturated rings. The third-order valence-electron chi connectivity index (χ3n) is 2.86. The zero-order valence-corrected chi connectivity index (χ0v) is 11.8. The summed E-state index contributed by atoms with van der Waals surface area (Å²) in [5, 5.41) is 0. The number of rotatable bonds is 6. The van der Waals surface area contributed by atoms with Crippen molar-refractivity contribution in [3.05, 3.63) is 53.8 Å². The summed E-state index contributed by atoms with van der Waals surface area (Å²) < 4.78 is 28.5. The van der Waals surface area contributed by atoms with E-state index < -0.39 is 0 Å². The minimum absolute atomic E-state index is 0.151. The molecular weight excluding hydrogens is 275 g/mol. The van der Waals surface area contributed by atoms with Crippen LogP contribution < -0.4 is 14.2 Å². The van der Waals surface area contributed by atoms with E-state index in [0.717, 1.165) is 0 Å². The lowest BCUT2D eigenvalue weighted by atomic mass is 10.1. The standard InChI is InChI=1S/C16H15FO4/c1-19-13-7-14(20-2)9-15(8-13)21-10-16(18)11-3-5-12(17)6-4-11/h3-9H,10H2,1-2H3. The molecule has 0 aliphatic heterocycles. The van der Waals surface area contributed by atoms with E-state index in [2.05, 4.69) is 0 Å². The zero-order valence-electron chi connectivity index (χ0n) is 11.8. The number of halogens is 1. The van der Waals surface area contributed by atoms with Crippen molar-refractivity contribution in [1.29, 1.82) is 0 Å². The highest BCUT2D eigenvalue weighted by atomic mass is 19.1. The molecule has 0 unspecified atom stereocenters. The number of Topliss-reactive ketones (excluding diaryl/α,β-unsaturated/α-hetero) is 1. The maximum Gasteiger partial charge on any atom is 0.200 e. The molecule has 0 heterocycles. The van der Waals surface area contributed by atoms with E-state index in [4.69, 9.17) is 14.2 Å². The number of carbonyl (C=O) groups is 1. The summed E-state index contributed by atoms with van der Waals surface area (Å²) in [6.07, 6.45) is 0. The average Bonchev–Trinajstić information content (AvgIpc) is 2.52. The molecule has 0 N–H and O–H groups in total. The van der Waals surface area contributed by atoms with Crippen molar-refractivity contribution in [3.63, 3.8) is 0 Å². The number of hydrogen-bond donors (Lipinski definition) is 0. The van der Waals surface area contributed by atoms with Gasteiger partial charge in [-0.15, -0.1) is 0 Å². The van der Waals surface area contributed by atoms with Crippen LogP contribution >= 0.6 is 0 Å². The first-order valence-corrected chi connectivity index (χ1v) is 6.27. The van der Waals surface area contributed by atoms with Gasteiger partial charge in [0.1, 0.15) is 23.1 Å². The van der Waals surface area contributed by atoms with Crippen LogP contribution in [0.2, 0.25) is 0 Å². The summed E-state index contributed by atoms with van der Waals surface area (Å²) in [4.78, 5) is 11.9. The van der Waals surface area contributed by atoms with Crippen LogP contribution in [0.4, 0.5) is 4.39 Å². The van der Waals surface area contributed by atoms with Gasteiger partial charge in [0.25, 0.3) is 0 Å². The Kier molecular flexibility index (Phi) is 4.77. The smallest absolute Gasteiger partial charge is 0.200 e. The molecule has 0 radical (unpaired) electrons. The molecule has 2 aromatic rings. The summed E-state index contributed by atoms with van der Waals surface area (Å²) in [6.45, 7) is -0.151. The molecule has 2 rings (SSSR count). The fourth-order valence-electron chi connectivity index (χ4n) is 1.73. The largest absolute Gasteiger partial charge is 0.496 e. The van der Waals surface area contributed by atoms with Gasteiger partial charge < -0.3 is 14.2 Å². The predicted molar refractivity (Wildman–Crippen MR) is 75.8 cm³/mol. The second kappa shape index (κ2) is 6.74. The fourth-order valence-corrected chi connectivity index (χ4v) is 1.73. The van der Waals surface area contributed by atoms with Gasteiger partial charge in [0, 0.05) is 23.8 Å². The SMILES string of the molecule is COc1cc(OC)cc(OCC(=O)c2ccc(F)cc2)c1. The number of ketones is 1. The van der Waals surface area contributed by atoms with E-state index in [9.17, 15) is 9.18 Å². The molecule has 0 atom stereocenters. The molecular formula is C16H15FO4. The zero-order chi connectivity index (χ0) is 15.2. The average molecular weight is 290 g/mol. The number of benzene rings is 2. The van der Waals surface area contributed by atoms with E-state index in [1.807, 2.05) is 0 Å². The summed E-state index contributed by atoms with van der Waals surface area (Å²) in [7, 11) is 3.06. The van der Waals surface area contributed by atoms with Crippen LogP contribution in [0, 0.1) is 5.82 Å². The lowest BCUT2D eigenvalue weighted by Gasteiger charge is -2.10. The summed E-state index contributed by atoms with van der Waals surface area (Å²) in [5.74, 6) is 0.973. The maximum absolute atomic E-state index is 12.8.